The quantitative estimate of drug-likeness (QED) is 0.791. The Bertz CT molecular complexity index is 491. The molecule has 0 spiro atoms. The molecule has 96 valence electrons. The predicted octanol–water partition coefficient (Wildman–Crippen LogP) is 3.40. The molecular weight excluding hydrogens is 224 g/mol. The third-order valence-corrected chi connectivity index (χ3v) is 3.00. The Morgan fingerprint density at radius 3 is 2.83 bits per heavy atom. The van der Waals surface area contributed by atoms with Gasteiger partial charge in [-0.25, -0.2) is 4.98 Å². The Labute approximate surface area is 108 Å². The second kappa shape index (κ2) is 6.36. The van der Waals surface area contributed by atoms with Gasteiger partial charge in [0.1, 0.15) is 5.69 Å². The first-order valence-corrected chi connectivity index (χ1v) is 6.58. The largest absolute Gasteiger partial charge is 0.443 e. The fourth-order valence-corrected chi connectivity index (χ4v) is 2.05. The molecule has 2 aromatic rings. The monoisotopic (exact) mass is 244 g/mol. The Kier molecular flexibility index (Phi) is 4.53. The molecule has 0 bridgehead atoms. The zero-order valence-electron chi connectivity index (χ0n) is 11.1. The number of aromatic nitrogens is 1. The molecule has 0 unspecified atom stereocenters. The summed E-state index contributed by atoms with van der Waals surface area (Å²) in [6.45, 7) is 6.08. The molecule has 1 aromatic carbocycles. The van der Waals surface area contributed by atoms with Crippen LogP contribution < -0.4 is 5.32 Å². The van der Waals surface area contributed by atoms with Gasteiger partial charge in [0.15, 0.2) is 12.2 Å². The molecule has 0 radical (unpaired) electrons. The topological polar surface area (TPSA) is 38.1 Å². The summed E-state index contributed by atoms with van der Waals surface area (Å²) in [4.78, 5) is 4.31. The van der Waals surface area contributed by atoms with E-state index in [4.69, 9.17) is 4.42 Å². The first-order chi connectivity index (χ1) is 8.86. The van der Waals surface area contributed by atoms with Gasteiger partial charge in [-0.05, 0) is 24.9 Å². The van der Waals surface area contributed by atoms with Gasteiger partial charge in [-0.3, -0.25) is 0 Å². The Hall–Kier alpha value is -1.61. The minimum absolute atomic E-state index is 0.762. The summed E-state index contributed by atoms with van der Waals surface area (Å²) in [5.41, 5.74) is 3.45. The molecule has 3 nitrogen and oxygen atoms in total. The molecule has 0 fully saturated rings. The van der Waals surface area contributed by atoms with Crippen molar-refractivity contribution in [1.82, 2.24) is 10.3 Å². The van der Waals surface area contributed by atoms with Crippen LogP contribution in [0.15, 0.2) is 35.1 Å². The lowest BCUT2D eigenvalue weighted by molar-refractivity contribution is 0.568. The van der Waals surface area contributed by atoms with Gasteiger partial charge < -0.3 is 9.73 Å². The SMILES string of the molecule is CCCNCc1ncoc1-c1ccccc1CC. The Morgan fingerprint density at radius 2 is 2.06 bits per heavy atom. The van der Waals surface area contributed by atoms with Gasteiger partial charge in [0.05, 0.1) is 0 Å². The molecule has 0 aliphatic rings. The van der Waals surface area contributed by atoms with Crippen LogP contribution in [0.3, 0.4) is 0 Å². The number of nitrogens with zero attached hydrogens (tertiary/aromatic N) is 1. The highest BCUT2D eigenvalue weighted by Gasteiger charge is 2.12. The lowest BCUT2D eigenvalue weighted by Gasteiger charge is -2.07. The fourth-order valence-electron chi connectivity index (χ4n) is 2.05. The minimum atomic E-state index is 0.762. The summed E-state index contributed by atoms with van der Waals surface area (Å²) < 4.78 is 5.57. The van der Waals surface area contributed by atoms with Gasteiger partial charge in [-0.15, -0.1) is 0 Å². The molecule has 0 aliphatic carbocycles. The molecule has 2 rings (SSSR count). The van der Waals surface area contributed by atoms with E-state index in [1.807, 2.05) is 6.07 Å². The van der Waals surface area contributed by atoms with Crippen molar-refractivity contribution in [2.45, 2.75) is 33.2 Å². The molecule has 0 atom stereocenters. The molecule has 0 saturated carbocycles. The molecule has 1 heterocycles. The van der Waals surface area contributed by atoms with Crippen LogP contribution in [-0.2, 0) is 13.0 Å². The number of oxazole rings is 1. The lowest BCUT2D eigenvalue weighted by atomic mass is 10.0. The lowest BCUT2D eigenvalue weighted by Crippen LogP contribution is -2.14. The molecule has 0 amide bonds. The summed E-state index contributed by atoms with van der Waals surface area (Å²) in [6.07, 6.45) is 3.65. The van der Waals surface area contributed by atoms with E-state index in [-0.39, 0.29) is 0 Å². The maximum atomic E-state index is 5.57. The second-order valence-electron chi connectivity index (χ2n) is 4.32. The predicted molar refractivity (Wildman–Crippen MR) is 73.3 cm³/mol. The van der Waals surface area contributed by atoms with Gasteiger partial charge >= 0.3 is 0 Å². The normalized spacial score (nSPS) is 10.8. The van der Waals surface area contributed by atoms with Crippen molar-refractivity contribution in [3.05, 3.63) is 41.9 Å². The number of aryl methyl sites for hydroxylation is 1. The van der Waals surface area contributed by atoms with Crippen molar-refractivity contribution in [2.24, 2.45) is 0 Å². The molecular formula is C15H20N2O. The number of rotatable bonds is 6. The van der Waals surface area contributed by atoms with Crippen molar-refractivity contribution in [3.63, 3.8) is 0 Å². The average molecular weight is 244 g/mol. The minimum Gasteiger partial charge on any atom is -0.443 e. The van der Waals surface area contributed by atoms with Crippen molar-refractivity contribution in [3.8, 4) is 11.3 Å². The van der Waals surface area contributed by atoms with Crippen LogP contribution in [-0.4, -0.2) is 11.5 Å². The molecule has 18 heavy (non-hydrogen) atoms. The van der Waals surface area contributed by atoms with E-state index in [1.165, 1.54) is 12.0 Å². The van der Waals surface area contributed by atoms with Crippen LogP contribution in [0.5, 0.6) is 0 Å². The third-order valence-electron chi connectivity index (χ3n) is 3.00. The van der Waals surface area contributed by atoms with Crippen molar-refractivity contribution < 1.29 is 4.42 Å². The fraction of sp³-hybridized carbons (Fsp3) is 0.400. The zero-order chi connectivity index (χ0) is 12.8. The molecule has 1 aromatic heterocycles. The summed E-state index contributed by atoms with van der Waals surface area (Å²) >= 11 is 0. The van der Waals surface area contributed by atoms with Crippen LogP contribution in [0.4, 0.5) is 0 Å². The maximum Gasteiger partial charge on any atom is 0.181 e. The standard InChI is InChI=1S/C15H20N2O/c1-3-9-16-10-14-15(18-11-17-14)13-8-6-5-7-12(13)4-2/h5-8,11,16H,3-4,9-10H2,1-2H3. The molecule has 0 aliphatic heterocycles. The van der Waals surface area contributed by atoms with Crippen LogP contribution in [0.2, 0.25) is 0 Å². The van der Waals surface area contributed by atoms with Crippen LogP contribution >= 0.6 is 0 Å². The number of benzene rings is 1. The number of hydrogen-bond donors (Lipinski definition) is 1. The van der Waals surface area contributed by atoms with Crippen molar-refractivity contribution >= 4 is 0 Å². The summed E-state index contributed by atoms with van der Waals surface area (Å²) in [6, 6.07) is 8.34. The van der Waals surface area contributed by atoms with Crippen LogP contribution in [0.25, 0.3) is 11.3 Å². The second-order valence-corrected chi connectivity index (χ2v) is 4.32. The Morgan fingerprint density at radius 1 is 1.22 bits per heavy atom. The van der Waals surface area contributed by atoms with E-state index in [0.29, 0.717) is 0 Å². The van der Waals surface area contributed by atoms with Crippen molar-refractivity contribution in [1.29, 1.82) is 0 Å². The van der Waals surface area contributed by atoms with Gasteiger partial charge in [-0.1, -0.05) is 38.1 Å². The van der Waals surface area contributed by atoms with Gasteiger partial charge in [-0.2, -0.15) is 0 Å². The number of hydrogen-bond acceptors (Lipinski definition) is 3. The zero-order valence-corrected chi connectivity index (χ0v) is 11.1. The van der Waals surface area contributed by atoms with E-state index in [9.17, 15) is 0 Å². The molecule has 0 saturated heterocycles. The molecule has 3 heteroatoms. The van der Waals surface area contributed by atoms with E-state index in [2.05, 4.69) is 42.3 Å². The van der Waals surface area contributed by atoms with E-state index in [0.717, 1.165) is 42.9 Å². The van der Waals surface area contributed by atoms with Gasteiger partial charge in [0.2, 0.25) is 0 Å². The van der Waals surface area contributed by atoms with E-state index >= 15 is 0 Å². The van der Waals surface area contributed by atoms with E-state index in [1.54, 1.807) is 0 Å². The highest BCUT2D eigenvalue weighted by molar-refractivity contribution is 5.64. The Balaban J connectivity index is 2.25. The van der Waals surface area contributed by atoms with Gasteiger partial charge in [0.25, 0.3) is 0 Å². The van der Waals surface area contributed by atoms with Crippen LogP contribution in [0, 0.1) is 0 Å². The maximum absolute atomic E-state index is 5.57. The van der Waals surface area contributed by atoms with E-state index < -0.39 is 0 Å². The first kappa shape index (κ1) is 12.8. The number of nitrogens with one attached hydrogen (secondary N) is 1. The highest BCUT2D eigenvalue weighted by atomic mass is 16.3. The summed E-state index contributed by atoms with van der Waals surface area (Å²) in [5, 5.41) is 3.36. The van der Waals surface area contributed by atoms with Crippen molar-refractivity contribution in [2.75, 3.05) is 6.54 Å². The third kappa shape index (κ3) is 2.79. The average Bonchev–Trinajstić information content (AvgIpc) is 2.87. The van der Waals surface area contributed by atoms with Crippen LogP contribution in [0.1, 0.15) is 31.5 Å². The summed E-state index contributed by atoms with van der Waals surface area (Å²) in [7, 11) is 0. The highest BCUT2D eigenvalue weighted by Crippen LogP contribution is 2.26. The van der Waals surface area contributed by atoms with Gasteiger partial charge in [0, 0.05) is 12.1 Å². The first-order valence-electron chi connectivity index (χ1n) is 6.58. The smallest absolute Gasteiger partial charge is 0.181 e. The summed E-state index contributed by atoms with van der Waals surface area (Å²) in [5.74, 6) is 0.899. The molecule has 1 N–H and O–H groups in total.